The highest BCUT2D eigenvalue weighted by atomic mass is 16.5. The number of amides is 2. The Morgan fingerprint density at radius 1 is 1.14 bits per heavy atom. The molecule has 2 amide bonds. The number of hydrogen-bond donors (Lipinski definition) is 2. The van der Waals surface area contributed by atoms with Crippen LogP contribution in [-0.4, -0.2) is 23.9 Å². The Kier molecular flexibility index (Phi) is 6.09. The zero-order valence-corrected chi connectivity index (χ0v) is 16.0. The average Bonchev–Trinajstić information content (AvgIpc) is 2.66. The van der Waals surface area contributed by atoms with Gasteiger partial charge in [-0.25, -0.2) is 4.79 Å². The molecule has 1 aliphatic heterocycles. The van der Waals surface area contributed by atoms with E-state index < -0.39 is 5.97 Å². The summed E-state index contributed by atoms with van der Waals surface area (Å²) in [7, 11) is 0. The van der Waals surface area contributed by atoms with Crippen LogP contribution in [0, 0.1) is 5.92 Å². The van der Waals surface area contributed by atoms with Crippen LogP contribution in [-0.2, 0) is 20.7 Å². The van der Waals surface area contributed by atoms with Gasteiger partial charge in [0.25, 0.3) is 0 Å². The van der Waals surface area contributed by atoms with E-state index in [1.807, 2.05) is 24.3 Å². The molecule has 2 aromatic carbocycles. The fourth-order valence-electron chi connectivity index (χ4n) is 3.15. The number of hydrogen-bond acceptors (Lipinski definition) is 4. The van der Waals surface area contributed by atoms with E-state index in [0.29, 0.717) is 24.1 Å². The first-order chi connectivity index (χ1) is 13.4. The van der Waals surface area contributed by atoms with Gasteiger partial charge in [-0.1, -0.05) is 18.2 Å². The van der Waals surface area contributed by atoms with E-state index >= 15 is 0 Å². The van der Waals surface area contributed by atoms with E-state index in [4.69, 9.17) is 4.74 Å². The van der Waals surface area contributed by atoms with Crippen molar-refractivity contribution in [2.75, 3.05) is 10.6 Å². The number of carbonyl (C=O) groups excluding carboxylic acids is 3. The lowest BCUT2D eigenvalue weighted by Gasteiger charge is -2.24. The molecule has 0 saturated heterocycles. The van der Waals surface area contributed by atoms with Crippen LogP contribution in [0.1, 0.15) is 42.6 Å². The van der Waals surface area contributed by atoms with Gasteiger partial charge in [0.2, 0.25) is 11.8 Å². The molecule has 0 saturated carbocycles. The van der Waals surface area contributed by atoms with Crippen LogP contribution in [0.15, 0.2) is 48.5 Å². The van der Waals surface area contributed by atoms with Gasteiger partial charge >= 0.3 is 5.97 Å². The topological polar surface area (TPSA) is 84.5 Å². The third-order valence-electron chi connectivity index (χ3n) is 4.58. The molecule has 6 heteroatoms. The molecule has 0 spiro atoms. The first kappa shape index (κ1) is 19.6. The third kappa shape index (κ3) is 4.97. The highest BCUT2D eigenvalue weighted by Gasteiger charge is 2.26. The number of benzene rings is 2. The second-order valence-electron chi connectivity index (χ2n) is 7.17. The van der Waals surface area contributed by atoms with Crippen LogP contribution in [0.3, 0.4) is 0 Å². The number of rotatable bonds is 6. The van der Waals surface area contributed by atoms with E-state index in [2.05, 4.69) is 10.6 Å². The zero-order chi connectivity index (χ0) is 20.1. The van der Waals surface area contributed by atoms with E-state index in [-0.39, 0.29) is 30.3 Å². The van der Waals surface area contributed by atoms with Gasteiger partial charge < -0.3 is 15.4 Å². The Bertz CT molecular complexity index is 874. The molecule has 1 heterocycles. The van der Waals surface area contributed by atoms with Crippen molar-refractivity contribution < 1.29 is 19.1 Å². The second-order valence-corrected chi connectivity index (χ2v) is 7.17. The molecule has 0 aliphatic carbocycles. The van der Waals surface area contributed by atoms with Crippen molar-refractivity contribution in [1.29, 1.82) is 0 Å². The standard InChI is InChI=1S/C22H24N2O4/c1-14(2)28-22(27)15-7-10-18(11-8-15)23-20(25)12-9-17-13-16-5-3-4-6-19(16)24-21(17)26/h3-8,10-11,14,17H,9,12-13H2,1-2H3,(H,23,25)(H,24,26). The molecular weight excluding hydrogens is 356 g/mol. The van der Waals surface area contributed by atoms with Crippen molar-refractivity contribution in [2.24, 2.45) is 5.92 Å². The van der Waals surface area contributed by atoms with Gasteiger partial charge in [-0.05, 0) is 62.6 Å². The van der Waals surface area contributed by atoms with Gasteiger partial charge in [0.1, 0.15) is 0 Å². The summed E-state index contributed by atoms with van der Waals surface area (Å²) in [5.41, 5.74) is 2.98. The number of carbonyl (C=O) groups is 3. The van der Waals surface area contributed by atoms with Crippen LogP contribution in [0.5, 0.6) is 0 Å². The van der Waals surface area contributed by atoms with Gasteiger partial charge in [-0.2, -0.15) is 0 Å². The van der Waals surface area contributed by atoms with Crippen molar-refractivity contribution in [3.8, 4) is 0 Å². The van der Waals surface area contributed by atoms with E-state index in [9.17, 15) is 14.4 Å². The normalized spacial score (nSPS) is 15.5. The molecule has 1 atom stereocenters. The third-order valence-corrected chi connectivity index (χ3v) is 4.58. The molecule has 3 rings (SSSR count). The molecule has 2 aromatic rings. The number of fused-ring (bicyclic) bond motifs is 1. The van der Waals surface area contributed by atoms with Gasteiger partial charge in [-0.3, -0.25) is 9.59 Å². The molecule has 0 aromatic heterocycles. The smallest absolute Gasteiger partial charge is 0.338 e. The Hall–Kier alpha value is -3.15. The molecule has 1 aliphatic rings. The molecule has 2 N–H and O–H groups in total. The number of nitrogens with one attached hydrogen (secondary N) is 2. The fourth-order valence-corrected chi connectivity index (χ4v) is 3.15. The number of para-hydroxylation sites is 1. The van der Waals surface area contributed by atoms with Gasteiger partial charge in [0.05, 0.1) is 11.7 Å². The van der Waals surface area contributed by atoms with Crippen molar-refractivity contribution in [3.63, 3.8) is 0 Å². The summed E-state index contributed by atoms with van der Waals surface area (Å²) in [5.74, 6) is -0.811. The highest BCUT2D eigenvalue weighted by molar-refractivity contribution is 5.97. The van der Waals surface area contributed by atoms with Crippen LogP contribution < -0.4 is 10.6 Å². The van der Waals surface area contributed by atoms with Gasteiger partial charge in [0, 0.05) is 23.7 Å². The molecule has 0 bridgehead atoms. The summed E-state index contributed by atoms with van der Waals surface area (Å²) < 4.78 is 5.13. The lowest BCUT2D eigenvalue weighted by Crippen LogP contribution is -2.30. The van der Waals surface area contributed by atoms with Crippen molar-refractivity contribution in [3.05, 3.63) is 59.7 Å². The number of ether oxygens (including phenoxy) is 1. The Labute approximate surface area is 164 Å². The van der Waals surface area contributed by atoms with Gasteiger partial charge in [0.15, 0.2) is 0 Å². The van der Waals surface area contributed by atoms with Crippen LogP contribution in [0.25, 0.3) is 0 Å². The Balaban J connectivity index is 1.51. The number of anilines is 2. The fraction of sp³-hybridized carbons (Fsp3) is 0.318. The summed E-state index contributed by atoms with van der Waals surface area (Å²) in [5, 5.41) is 5.70. The van der Waals surface area contributed by atoms with Gasteiger partial charge in [-0.15, -0.1) is 0 Å². The highest BCUT2D eigenvalue weighted by Crippen LogP contribution is 2.27. The predicted octanol–water partition coefficient (Wildman–Crippen LogP) is 3.78. The maximum absolute atomic E-state index is 12.2. The Morgan fingerprint density at radius 2 is 1.86 bits per heavy atom. The minimum absolute atomic E-state index is 0.0421. The minimum Gasteiger partial charge on any atom is -0.459 e. The lowest BCUT2D eigenvalue weighted by atomic mass is 9.89. The molecule has 1 unspecified atom stereocenters. The molecule has 28 heavy (non-hydrogen) atoms. The van der Waals surface area contributed by atoms with E-state index in [0.717, 1.165) is 11.3 Å². The molecular formula is C22H24N2O4. The lowest BCUT2D eigenvalue weighted by molar-refractivity contribution is -0.121. The van der Waals surface area contributed by atoms with Crippen molar-refractivity contribution in [1.82, 2.24) is 0 Å². The maximum atomic E-state index is 12.2. The summed E-state index contributed by atoms with van der Waals surface area (Å²) in [4.78, 5) is 36.3. The number of esters is 1. The predicted molar refractivity (Wildman–Crippen MR) is 107 cm³/mol. The quantitative estimate of drug-likeness (QED) is 0.747. The SMILES string of the molecule is CC(C)OC(=O)c1ccc(NC(=O)CCC2Cc3ccccc3NC2=O)cc1. The molecule has 0 fully saturated rings. The molecule has 0 radical (unpaired) electrons. The summed E-state index contributed by atoms with van der Waals surface area (Å²) >= 11 is 0. The van der Waals surface area contributed by atoms with Crippen molar-refractivity contribution >= 4 is 29.2 Å². The minimum atomic E-state index is -0.392. The first-order valence-electron chi connectivity index (χ1n) is 9.42. The largest absolute Gasteiger partial charge is 0.459 e. The summed E-state index contributed by atoms with van der Waals surface area (Å²) in [6.45, 7) is 3.58. The monoisotopic (exact) mass is 380 g/mol. The summed E-state index contributed by atoms with van der Waals surface area (Å²) in [6.07, 6.45) is 1.18. The molecule has 146 valence electrons. The average molecular weight is 380 g/mol. The van der Waals surface area contributed by atoms with Crippen LogP contribution in [0.2, 0.25) is 0 Å². The van der Waals surface area contributed by atoms with E-state index in [1.54, 1.807) is 38.1 Å². The molecule has 6 nitrogen and oxygen atoms in total. The summed E-state index contributed by atoms with van der Waals surface area (Å²) in [6, 6.07) is 14.3. The van der Waals surface area contributed by atoms with Crippen molar-refractivity contribution in [2.45, 2.75) is 39.2 Å². The Morgan fingerprint density at radius 3 is 2.57 bits per heavy atom. The second kappa shape index (κ2) is 8.69. The maximum Gasteiger partial charge on any atom is 0.338 e. The first-order valence-corrected chi connectivity index (χ1v) is 9.42. The van der Waals surface area contributed by atoms with E-state index in [1.165, 1.54) is 0 Å². The van der Waals surface area contributed by atoms with Crippen LogP contribution in [0.4, 0.5) is 11.4 Å². The van der Waals surface area contributed by atoms with Crippen LogP contribution >= 0.6 is 0 Å². The zero-order valence-electron chi connectivity index (χ0n) is 16.0.